The van der Waals surface area contributed by atoms with Gasteiger partial charge in [-0.2, -0.15) is 8.42 Å². The van der Waals surface area contributed by atoms with Gasteiger partial charge in [-0.15, -0.1) is 0 Å². The predicted octanol–water partition coefficient (Wildman–Crippen LogP) is 4.68. The lowest BCUT2D eigenvalue weighted by molar-refractivity contribution is -0.387. The van der Waals surface area contributed by atoms with Gasteiger partial charge in [0.25, 0.3) is 5.69 Å². The molecule has 132 valence electrons. The molecule has 0 aliphatic heterocycles. The van der Waals surface area contributed by atoms with E-state index in [1.807, 2.05) is 18.2 Å². The molecule has 0 unspecified atom stereocenters. The molecule has 8 heteroatoms. The van der Waals surface area contributed by atoms with Gasteiger partial charge >= 0.3 is 10.1 Å². The highest BCUT2D eigenvalue weighted by molar-refractivity contribution is 7.87. The molecule has 0 fully saturated rings. The van der Waals surface area contributed by atoms with Gasteiger partial charge in [-0.25, -0.2) is 0 Å². The van der Waals surface area contributed by atoms with Gasteiger partial charge in [-0.3, -0.25) is 10.1 Å². The summed E-state index contributed by atoms with van der Waals surface area (Å²) in [6, 6.07) is 18.9. The van der Waals surface area contributed by atoms with Crippen LogP contribution in [0, 0.1) is 10.1 Å². The van der Waals surface area contributed by atoms with E-state index in [1.54, 1.807) is 30.3 Å². The predicted molar refractivity (Wildman–Crippen MR) is 97.8 cm³/mol. The van der Waals surface area contributed by atoms with Gasteiger partial charge < -0.3 is 4.18 Å². The lowest BCUT2D eigenvalue weighted by Crippen LogP contribution is -2.12. The van der Waals surface area contributed by atoms with E-state index in [0.717, 1.165) is 17.7 Å². The maximum Gasteiger partial charge on any atom is 0.346 e. The Morgan fingerprint density at radius 1 is 0.923 bits per heavy atom. The highest BCUT2D eigenvalue weighted by atomic mass is 35.5. The molecule has 0 aliphatic carbocycles. The average molecular weight is 390 g/mol. The molecular weight excluding hydrogens is 378 g/mol. The smallest absolute Gasteiger partial charge is 0.346 e. The number of nitro benzene ring substituents is 1. The van der Waals surface area contributed by atoms with Crippen molar-refractivity contribution in [2.45, 2.75) is 4.90 Å². The number of para-hydroxylation sites is 1. The van der Waals surface area contributed by atoms with E-state index in [0.29, 0.717) is 5.56 Å². The molecule has 0 aromatic heterocycles. The zero-order chi connectivity index (χ0) is 18.7. The van der Waals surface area contributed by atoms with Crippen LogP contribution in [0.1, 0.15) is 0 Å². The third kappa shape index (κ3) is 3.68. The molecule has 3 aromatic carbocycles. The fraction of sp³-hybridized carbons (Fsp3) is 0. The van der Waals surface area contributed by atoms with Crippen molar-refractivity contribution in [2.24, 2.45) is 0 Å². The normalized spacial score (nSPS) is 11.1. The van der Waals surface area contributed by atoms with Crippen LogP contribution in [-0.4, -0.2) is 13.3 Å². The third-order valence-electron chi connectivity index (χ3n) is 3.56. The van der Waals surface area contributed by atoms with Crippen molar-refractivity contribution in [1.82, 2.24) is 0 Å². The van der Waals surface area contributed by atoms with Crippen molar-refractivity contribution >= 4 is 27.4 Å². The van der Waals surface area contributed by atoms with E-state index in [2.05, 4.69) is 0 Å². The van der Waals surface area contributed by atoms with Gasteiger partial charge in [-0.1, -0.05) is 60.1 Å². The Morgan fingerprint density at radius 2 is 1.58 bits per heavy atom. The molecule has 0 saturated heterocycles. The summed E-state index contributed by atoms with van der Waals surface area (Å²) in [7, 11) is -4.47. The highest BCUT2D eigenvalue weighted by Crippen LogP contribution is 2.34. The quantitative estimate of drug-likeness (QED) is 0.359. The van der Waals surface area contributed by atoms with Crippen molar-refractivity contribution in [1.29, 1.82) is 0 Å². The summed E-state index contributed by atoms with van der Waals surface area (Å²) in [6.07, 6.45) is 0. The van der Waals surface area contributed by atoms with Gasteiger partial charge in [0.05, 0.1) is 4.92 Å². The molecule has 3 rings (SSSR count). The molecule has 0 aliphatic rings. The monoisotopic (exact) mass is 389 g/mol. The fourth-order valence-corrected chi connectivity index (χ4v) is 3.78. The van der Waals surface area contributed by atoms with Crippen molar-refractivity contribution in [2.75, 3.05) is 0 Å². The van der Waals surface area contributed by atoms with Crippen molar-refractivity contribution in [3.63, 3.8) is 0 Å². The van der Waals surface area contributed by atoms with Crippen LogP contribution in [0.3, 0.4) is 0 Å². The van der Waals surface area contributed by atoms with E-state index < -0.39 is 25.6 Å². The van der Waals surface area contributed by atoms with Crippen LogP contribution in [0.5, 0.6) is 5.75 Å². The molecule has 0 radical (unpaired) electrons. The molecule has 0 amide bonds. The van der Waals surface area contributed by atoms with E-state index in [4.69, 9.17) is 15.8 Å². The van der Waals surface area contributed by atoms with Crippen LogP contribution < -0.4 is 4.18 Å². The molecule has 0 spiro atoms. The Balaban J connectivity index is 2.08. The topological polar surface area (TPSA) is 86.5 Å². The summed E-state index contributed by atoms with van der Waals surface area (Å²) in [4.78, 5) is 9.77. The Bertz CT molecular complexity index is 1070. The Hall–Kier alpha value is -2.90. The minimum atomic E-state index is -4.47. The Labute approximate surface area is 154 Å². The first-order valence-electron chi connectivity index (χ1n) is 7.41. The molecule has 0 atom stereocenters. The molecule has 0 saturated carbocycles. The first-order valence-corrected chi connectivity index (χ1v) is 9.20. The second-order valence-corrected chi connectivity index (χ2v) is 7.22. The number of hydrogen-bond donors (Lipinski definition) is 0. The van der Waals surface area contributed by atoms with E-state index in [9.17, 15) is 18.5 Å². The zero-order valence-electron chi connectivity index (χ0n) is 13.2. The van der Waals surface area contributed by atoms with Gasteiger partial charge in [0.2, 0.25) is 0 Å². The van der Waals surface area contributed by atoms with Gasteiger partial charge in [-0.05, 0) is 23.8 Å². The molecule has 0 bridgehead atoms. The molecular formula is C18H12ClNO5S. The zero-order valence-corrected chi connectivity index (χ0v) is 14.8. The minimum Gasteiger partial charge on any atom is -0.378 e. The summed E-state index contributed by atoms with van der Waals surface area (Å²) in [5.41, 5.74) is 0.687. The summed E-state index contributed by atoms with van der Waals surface area (Å²) >= 11 is 5.82. The van der Waals surface area contributed by atoms with Crippen LogP contribution in [0.2, 0.25) is 5.02 Å². The van der Waals surface area contributed by atoms with Gasteiger partial charge in [0, 0.05) is 16.7 Å². The second kappa shape index (κ2) is 7.15. The van der Waals surface area contributed by atoms with Gasteiger partial charge in [0.1, 0.15) is 0 Å². The van der Waals surface area contributed by atoms with Crippen molar-refractivity contribution in [3.05, 3.63) is 87.9 Å². The van der Waals surface area contributed by atoms with Crippen LogP contribution in [-0.2, 0) is 10.1 Å². The van der Waals surface area contributed by atoms with Crippen molar-refractivity contribution in [3.8, 4) is 16.9 Å². The Morgan fingerprint density at radius 3 is 2.27 bits per heavy atom. The first kappa shape index (κ1) is 17.9. The Kier molecular flexibility index (Phi) is 4.92. The van der Waals surface area contributed by atoms with Crippen LogP contribution in [0.15, 0.2) is 77.7 Å². The van der Waals surface area contributed by atoms with Crippen LogP contribution >= 0.6 is 11.6 Å². The standard InChI is InChI=1S/C18H12ClNO5S/c19-14-10-11-16(20(21)22)18(12-14)26(23,24)25-17-9-5-4-8-15(17)13-6-2-1-3-7-13/h1-12H. The van der Waals surface area contributed by atoms with Crippen LogP contribution in [0.4, 0.5) is 5.69 Å². The lowest BCUT2D eigenvalue weighted by Gasteiger charge is -2.12. The molecule has 0 N–H and O–H groups in total. The number of nitrogens with zero attached hydrogens (tertiary/aromatic N) is 1. The number of rotatable bonds is 5. The SMILES string of the molecule is O=[N+]([O-])c1ccc(Cl)cc1S(=O)(=O)Oc1ccccc1-c1ccccc1. The number of nitro groups is 1. The summed E-state index contributed by atoms with van der Waals surface area (Å²) in [6.45, 7) is 0. The van der Waals surface area contributed by atoms with Crippen LogP contribution in [0.25, 0.3) is 11.1 Å². The molecule has 3 aromatic rings. The largest absolute Gasteiger partial charge is 0.378 e. The summed E-state index contributed by atoms with van der Waals surface area (Å²) < 4.78 is 30.6. The first-order chi connectivity index (χ1) is 12.4. The minimum absolute atomic E-state index is 0.0501. The lowest BCUT2D eigenvalue weighted by atomic mass is 10.1. The van der Waals surface area contributed by atoms with E-state index >= 15 is 0 Å². The highest BCUT2D eigenvalue weighted by Gasteiger charge is 2.29. The summed E-state index contributed by atoms with van der Waals surface area (Å²) in [5.74, 6) is 0.0629. The molecule has 0 heterocycles. The van der Waals surface area contributed by atoms with Gasteiger partial charge in [0.15, 0.2) is 10.6 Å². The summed E-state index contributed by atoms with van der Waals surface area (Å²) in [5, 5.41) is 11.2. The fourth-order valence-electron chi connectivity index (χ4n) is 2.40. The molecule has 6 nitrogen and oxygen atoms in total. The molecule has 26 heavy (non-hydrogen) atoms. The third-order valence-corrected chi connectivity index (χ3v) is 5.06. The number of halogens is 1. The van der Waals surface area contributed by atoms with E-state index in [1.165, 1.54) is 12.1 Å². The second-order valence-electron chi connectivity index (χ2n) is 5.27. The number of hydrogen-bond acceptors (Lipinski definition) is 5. The maximum atomic E-state index is 12.7. The number of benzene rings is 3. The average Bonchev–Trinajstić information content (AvgIpc) is 2.62. The maximum absolute atomic E-state index is 12.7. The van der Waals surface area contributed by atoms with E-state index in [-0.39, 0.29) is 10.8 Å². The van der Waals surface area contributed by atoms with Crippen molar-refractivity contribution < 1.29 is 17.5 Å².